The molecule has 0 saturated heterocycles. The van der Waals surface area contributed by atoms with Gasteiger partial charge in [0.15, 0.2) is 0 Å². The zero-order valence-corrected chi connectivity index (χ0v) is 12.0. The maximum atomic E-state index is 6.24. The van der Waals surface area contributed by atoms with E-state index in [1.807, 2.05) is 14.0 Å². The molecule has 0 aliphatic rings. The van der Waals surface area contributed by atoms with Gasteiger partial charge in [0.2, 0.25) is 0 Å². The Labute approximate surface area is 109 Å². The zero-order chi connectivity index (χ0) is 13.0. The molecule has 0 amide bonds. The van der Waals surface area contributed by atoms with E-state index in [1.54, 1.807) is 4.68 Å². The Kier molecular flexibility index (Phi) is 5.43. The Morgan fingerprint density at radius 2 is 2.12 bits per heavy atom. The van der Waals surface area contributed by atoms with Gasteiger partial charge in [-0.2, -0.15) is 5.10 Å². The molecule has 0 aliphatic heterocycles. The van der Waals surface area contributed by atoms with E-state index in [9.17, 15) is 0 Å². The Morgan fingerprint density at radius 3 is 2.53 bits per heavy atom. The molecule has 1 aromatic heterocycles. The summed E-state index contributed by atoms with van der Waals surface area (Å²) in [6, 6.07) is 0. The topological polar surface area (TPSA) is 47.1 Å². The van der Waals surface area contributed by atoms with E-state index in [-0.39, 0.29) is 0 Å². The summed E-state index contributed by atoms with van der Waals surface area (Å²) in [6.45, 7) is 9.84. The third-order valence-corrected chi connectivity index (χ3v) is 3.19. The van der Waals surface area contributed by atoms with Crippen molar-refractivity contribution in [2.45, 2.75) is 27.3 Å². The Balaban J connectivity index is 2.78. The van der Waals surface area contributed by atoms with E-state index in [2.05, 4.69) is 23.8 Å². The molecule has 17 heavy (non-hydrogen) atoms. The fraction of sp³-hybridized carbons (Fsp3) is 0.750. The second-order valence-electron chi connectivity index (χ2n) is 4.90. The van der Waals surface area contributed by atoms with Crippen LogP contribution in [0.5, 0.6) is 0 Å². The van der Waals surface area contributed by atoms with E-state index >= 15 is 0 Å². The highest BCUT2D eigenvalue weighted by Crippen LogP contribution is 2.20. The van der Waals surface area contributed by atoms with Crippen LogP contribution in [0.1, 0.15) is 25.1 Å². The van der Waals surface area contributed by atoms with Crippen LogP contribution in [0.25, 0.3) is 0 Å². The predicted octanol–water partition coefficient (Wildman–Crippen LogP) is 1.80. The molecule has 0 atom stereocenters. The van der Waals surface area contributed by atoms with Crippen LogP contribution in [0.4, 0.5) is 0 Å². The number of nitrogens with two attached hydrogens (primary N) is 1. The molecule has 0 unspecified atom stereocenters. The fourth-order valence-electron chi connectivity index (χ4n) is 2.01. The van der Waals surface area contributed by atoms with Gasteiger partial charge in [0.25, 0.3) is 0 Å². The number of nitrogens with zero attached hydrogens (tertiary/aromatic N) is 3. The molecule has 0 radical (unpaired) electrons. The first kappa shape index (κ1) is 14.5. The van der Waals surface area contributed by atoms with Crippen molar-refractivity contribution in [3.63, 3.8) is 0 Å². The average Bonchev–Trinajstić information content (AvgIpc) is 2.44. The highest BCUT2D eigenvalue weighted by Gasteiger charge is 2.15. The van der Waals surface area contributed by atoms with Crippen LogP contribution in [-0.2, 0) is 13.6 Å². The van der Waals surface area contributed by atoms with Crippen molar-refractivity contribution in [2.75, 3.05) is 19.6 Å². The van der Waals surface area contributed by atoms with Crippen molar-refractivity contribution in [1.82, 2.24) is 14.7 Å². The summed E-state index contributed by atoms with van der Waals surface area (Å²) in [5.41, 5.74) is 7.76. The van der Waals surface area contributed by atoms with Crippen LogP contribution < -0.4 is 5.73 Å². The molecule has 0 fully saturated rings. The fourth-order valence-corrected chi connectivity index (χ4v) is 2.25. The quantitative estimate of drug-likeness (QED) is 0.847. The van der Waals surface area contributed by atoms with E-state index in [1.165, 1.54) is 0 Å². The minimum absolute atomic E-state index is 0.623. The zero-order valence-electron chi connectivity index (χ0n) is 11.2. The van der Waals surface area contributed by atoms with Crippen molar-refractivity contribution in [1.29, 1.82) is 0 Å². The summed E-state index contributed by atoms with van der Waals surface area (Å²) >= 11 is 6.24. The van der Waals surface area contributed by atoms with Gasteiger partial charge < -0.3 is 5.73 Å². The Bertz CT molecular complexity index is 360. The molecule has 1 heterocycles. The number of aryl methyl sites for hydroxylation is 2. The van der Waals surface area contributed by atoms with Crippen LogP contribution in [0.15, 0.2) is 0 Å². The number of halogens is 1. The first-order valence-corrected chi connectivity index (χ1v) is 6.43. The number of aromatic nitrogens is 2. The first-order chi connectivity index (χ1) is 7.95. The van der Waals surface area contributed by atoms with Gasteiger partial charge in [0, 0.05) is 38.8 Å². The number of hydrogen-bond donors (Lipinski definition) is 1. The van der Waals surface area contributed by atoms with Crippen molar-refractivity contribution >= 4 is 11.6 Å². The van der Waals surface area contributed by atoms with Gasteiger partial charge in [0.05, 0.1) is 5.69 Å². The number of hydrogen-bond acceptors (Lipinski definition) is 3. The molecule has 0 aliphatic carbocycles. The van der Waals surface area contributed by atoms with Crippen LogP contribution in [0, 0.1) is 12.8 Å². The molecular weight excluding hydrogens is 236 g/mol. The maximum absolute atomic E-state index is 6.24. The minimum Gasteiger partial charge on any atom is -0.329 e. The Hall–Kier alpha value is -0.580. The monoisotopic (exact) mass is 258 g/mol. The smallest absolute Gasteiger partial charge is 0.131 e. The van der Waals surface area contributed by atoms with Gasteiger partial charge in [-0.3, -0.25) is 9.58 Å². The SMILES string of the molecule is Cc1nn(C)c(Cl)c1CN(CCN)CC(C)C. The van der Waals surface area contributed by atoms with Gasteiger partial charge in [-0.1, -0.05) is 25.4 Å². The van der Waals surface area contributed by atoms with Gasteiger partial charge in [0.1, 0.15) is 5.15 Å². The minimum atomic E-state index is 0.623. The molecule has 1 rings (SSSR count). The summed E-state index contributed by atoms with van der Waals surface area (Å²) in [4.78, 5) is 2.33. The van der Waals surface area contributed by atoms with Gasteiger partial charge in [-0.05, 0) is 12.8 Å². The largest absolute Gasteiger partial charge is 0.329 e. The molecule has 0 spiro atoms. The lowest BCUT2D eigenvalue weighted by molar-refractivity contribution is 0.242. The lowest BCUT2D eigenvalue weighted by Gasteiger charge is -2.23. The summed E-state index contributed by atoms with van der Waals surface area (Å²) in [6.07, 6.45) is 0. The predicted molar refractivity (Wildman–Crippen MR) is 72.1 cm³/mol. The highest BCUT2D eigenvalue weighted by atomic mass is 35.5. The molecular formula is C12H23ClN4. The standard InChI is InChI=1S/C12H23ClN4/c1-9(2)7-17(6-5-14)8-11-10(3)15-16(4)12(11)13/h9H,5-8,14H2,1-4H3. The van der Waals surface area contributed by atoms with Crippen molar-refractivity contribution in [3.8, 4) is 0 Å². The summed E-state index contributed by atoms with van der Waals surface area (Å²) < 4.78 is 1.72. The molecule has 0 bridgehead atoms. The van der Waals surface area contributed by atoms with Crippen LogP contribution in [0.2, 0.25) is 5.15 Å². The van der Waals surface area contributed by atoms with Crippen molar-refractivity contribution in [3.05, 3.63) is 16.4 Å². The van der Waals surface area contributed by atoms with Gasteiger partial charge >= 0.3 is 0 Å². The van der Waals surface area contributed by atoms with Gasteiger partial charge in [-0.25, -0.2) is 0 Å². The summed E-state index contributed by atoms with van der Waals surface area (Å²) in [7, 11) is 1.87. The highest BCUT2D eigenvalue weighted by molar-refractivity contribution is 6.30. The molecule has 98 valence electrons. The summed E-state index contributed by atoms with van der Waals surface area (Å²) in [5, 5.41) is 5.06. The Morgan fingerprint density at radius 1 is 1.47 bits per heavy atom. The van der Waals surface area contributed by atoms with E-state index < -0.39 is 0 Å². The van der Waals surface area contributed by atoms with Crippen molar-refractivity contribution in [2.24, 2.45) is 18.7 Å². The summed E-state index contributed by atoms with van der Waals surface area (Å²) in [5.74, 6) is 0.623. The van der Waals surface area contributed by atoms with E-state index in [0.29, 0.717) is 12.5 Å². The van der Waals surface area contributed by atoms with Crippen molar-refractivity contribution < 1.29 is 0 Å². The van der Waals surface area contributed by atoms with E-state index in [4.69, 9.17) is 17.3 Å². The van der Waals surface area contributed by atoms with Gasteiger partial charge in [-0.15, -0.1) is 0 Å². The second kappa shape index (κ2) is 6.38. The average molecular weight is 259 g/mol. The number of rotatable bonds is 6. The molecule has 1 aromatic rings. The van der Waals surface area contributed by atoms with Crippen LogP contribution in [0.3, 0.4) is 0 Å². The normalized spacial score (nSPS) is 11.8. The lowest BCUT2D eigenvalue weighted by Crippen LogP contribution is -2.32. The lowest BCUT2D eigenvalue weighted by atomic mass is 10.2. The first-order valence-electron chi connectivity index (χ1n) is 6.06. The molecule has 4 nitrogen and oxygen atoms in total. The third-order valence-electron chi connectivity index (χ3n) is 2.72. The second-order valence-corrected chi connectivity index (χ2v) is 5.25. The van der Waals surface area contributed by atoms with Crippen LogP contribution >= 0.6 is 11.6 Å². The maximum Gasteiger partial charge on any atom is 0.131 e. The molecule has 2 N–H and O–H groups in total. The molecule has 5 heteroatoms. The molecule has 0 aromatic carbocycles. The van der Waals surface area contributed by atoms with Crippen LogP contribution in [-0.4, -0.2) is 34.3 Å². The third kappa shape index (κ3) is 3.98. The molecule has 0 saturated carbocycles. The van der Waals surface area contributed by atoms with E-state index in [0.717, 1.165) is 36.0 Å².